The quantitative estimate of drug-likeness (QED) is 0.635. The van der Waals surface area contributed by atoms with Gasteiger partial charge in [-0.3, -0.25) is 0 Å². The van der Waals surface area contributed by atoms with Crippen LogP contribution in [0.1, 0.15) is 5.56 Å². The third-order valence-electron chi connectivity index (χ3n) is 1.83. The van der Waals surface area contributed by atoms with Crippen LogP contribution >= 0.6 is 0 Å². The first-order valence-electron chi connectivity index (χ1n) is 4.62. The van der Waals surface area contributed by atoms with Crippen molar-refractivity contribution in [1.82, 2.24) is 4.90 Å². The Labute approximate surface area is 80.7 Å². The van der Waals surface area contributed by atoms with Crippen molar-refractivity contribution in [3.63, 3.8) is 0 Å². The van der Waals surface area contributed by atoms with Crippen molar-refractivity contribution < 1.29 is 0 Å². The topological polar surface area (TPSA) is 3.24 Å². The van der Waals surface area contributed by atoms with Gasteiger partial charge in [0, 0.05) is 6.54 Å². The Morgan fingerprint density at radius 3 is 2.38 bits per heavy atom. The molecule has 0 spiro atoms. The van der Waals surface area contributed by atoms with E-state index in [1.54, 1.807) is 0 Å². The standard InChI is InChI=1S/C12H17N/c1-13(2)11-7-6-10-12-8-4-3-5-9-12/h3-9H,10-11H2,1-2H3. The molecule has 0 amide bonds. The van der Waals surface area contributed by atoms with Gasteiger partial charge in [0.15, 0.2) is 0 Å². The molecule has 0 radical (unpaired) electrons. The fourth-order valence-electron chi connectivity index (χ4n) is 1.12. The zero-order valence-electron chi connectivity index (χ0n) is 8.40. The molecule has 0 saturated heterocycles. The van der Waals surface area contributed by atoms with Gasteiger partial charge in [-0.15, -0.1) is 0 Å². The Hall–Kier alpha value is -1.08. The van der Waals surface area contributed by atoms with Crippen LogP contribution in [-0.4, -0.2) is 25.5 Å². The molecule has 0 unspecified atom stereocenters. The average molecular weight is 175 g/mol. The van der Waals surface area contributed by atoms with Gasteiger partial charge in [-0.2, -0.15) is 0 Å². The van der Waals surface area contributed by atoms with Crippen molar-refractivity contribution in [3.8, 4) is 0 Å². The first-order valence-corrected chi connectivity index (χ1v) is 4.62. The molecule has 0 fully saturated rings. The van der Waals surface area contributed by atoms with Gasteiger partial charge in [0.2, 0.25) is 0 Å². The smallest absolute Gasteiger partial charge is 0.0157 e. The van der Waals surface area contributed by atoms with Gasteiger partial charge in [0.05, 0.1) is 0 Å². The Balaban J connectivity index is 2.31. The van der Waals surface area contributed by atoms with Crippen LogP contribution in [0.4, 0.5) is 0 Å². The molecule has 0 aliphatic carbocycles. The van der Waals surface area contributed by atoms with Gasteiger partial charge < -0.3 is 4.90 Å². The second kappa shape index (κ2) is 5.55. The number of nitrogens with zero attached hydrogens (tertiary/aromatic N) is 1. The Morgan fingerprint density at radius 1 is 1.08 bits per heavy atom. The zero-order valence-corrected chi connectivity index (χ0v) is 8.40. The van der Waals surface area contributed by atoms with E-state index in [1.807, 2.05) is 6.07 Å². The fraction of sp³-hybridized carbons (Fsp3) is 0.333. The molecule has 1 rings (SSSR count). The van der Waals surface area contributed by atoms with Crippen molar-refractivity contribution in [2.24, 2.45) is 0 Å². The highest BCUT2D eigenvalue weighted by atomic mass is 15.0. The number of likely N-dealkylation sites (N-methyl/N-ethyl adjacent to an activating group) is 1. The molecule has 13 heavy (non-hydrogen) atoms. The van der Waals surface area contributed by atoms with Crippen LogP contribution in [0.3, 0.4) is 0 Å². The van der Waals surface area contributed by atoms with Crippen LogP contribution in [0, 0.1) is 0 Å². The Bertz CT molecular complexity index is 249. The van der Waals surface area contributed by atoms with Gasteiger partial charge in [0.25, 0.3) is 0 Å². The summed E-state index contributed by atoms with van der Waals surface area (Å²) >= 11 is 0. The van der Waals surface area contributed by atoms with Crippen LogP contribution in [0.5, 0.6) is 0 Å². The highest BCUT2D eigenvalue weighted by molar-refractivity contribution is 5.17. The molecular weight excluding hydrogens is 158 g/mol. The summed E-state index contributed by atoms with van der Waals surface area (Å²) in [5.74, 6) is 0. The summed E-state index contributed by atoms with van der Waals surface area (Å²) in [4.78, 5) is 2.15. The van der Waals surface area contributed by atoms with Gasteiger partial charge in [-0.25, -0.2) is 0 Å². The first kappa shape index (κ1) is 10.0. The molecule has 0 N–H and O–H groups in total. The van der Waals surface area contributed by atoms with Gasteiger partial charge >= 0.3 is 0 Å². The summed E-state index contributed by atoms with van der Waals surface area (Å²) in [6, 6.07) is 10.5. The number of hydrogen-bond acceptors (Lipinski definition) is 1. The third kappa shape index (κ3) is 4.48. The molecule has 0 bridgehead atoms. The molecule has 1 nitrogen and oxygen atoms in total. The highest BCUT2D eigenvalue weighted by Gasteiger charge is 1.86. The summed E-state index contributed by atoms with van der Waals surface area (Å²) in [5, 5.41) is 0. The van der Waals surface area contributed by atoms with Crippen molar-refractivity contribution >= 4 is 0 Å². The molecule has 0 atom stereocenters. The minimum absolute atomic E-state index is 1.02. The van der Waals surface area contributed by atoms with Crippen LogP contribution < -0.4 is 0 Å². The monoisotopic (exact) mass is 175 g/mol. The van der Waals surface area contributed by atoms with Crippen LogP contribution in [0.2, 0.25) is 0 Å². The van der Waals surface area contributed by atoms with Crippen molar-refractivity contribution in [1.29, 1.82) is 0 Å². The highest BCUT2D eigenvalue weighted by Crippen LogP contribution is 1.99. The summed E-state index contributed by atoms with van der Waals surface area (Å²) < 4.78 is 0. The largest absolute Gasteiger partial charge is 0.306 e. The normalized spacial score (nSPS) is 11.3. The van der Waals surface area contributed by atoms with E-state index in [1.165, 1.54) is 5.56 Å². The maximum Gasteiger partial charge on any atom is 0.0157 e. The van der Waals surface area contributed by atoms with E-state index in [2.05, 4.69) is 55.4 Å². The fourth-order valence-corrected chi connectivity index (χ4v) is 1.12. The van der Waals surface area contributed by atoms with E-state index in [0.717, 1.165) is 13.0 Å². The number of benzene rings is 1. The maximum absolute atomic E-state index is 2.22. The molecule has 0 aromatic heterocycles. The zero-order chi connectivity index (χ0) is 9.52. The summed E-state index contributed by atoms with van der Waals surface area (Å²) in [6.07, 6.45) is 5.46. The summed E-state index contributed by atoms with van der Waals surface area (Å²) in [5.41, 5.74) is 1.37. The molecule has 0 aliphatic rings. The molecule has 70 valence electrons. The average Bonchev–Trinajstić information content (AvgIpc) is 2.14. The van der Waals surface area contributed by atoms with Gasteiger partial charge in [-0.05, 0) is 26.1 Å². The molecule has 0 saturated carbocycles. The predicted octanol–water partition coefficient (Wildman–Crippen LogP) is 2.35. The lowest BCUT2D eigenvalue weighted by atomic mass is 10.1. The van der Waals surface area contributed by atoms with E-state index in [4.69, 9.17) is 0 Å². The minimum atomic E-state index is 1.02. The molecule has 0 heterocycles. The number of allylic oxidation sites excluding steroid dienone is 1. The maximum atomic E-state index is 2.22. The molecule has 1 heteroatoms. The van der Waals surface area contributed by atoms with Crippen molar-refractivity contribution in [2.45, 2.75) is 6.42 Å². The minimum Gasteiger partial charge on any atom is -0.306 e. The summed E-state index contributed by atoms with van der Waals surface area (Å²) in [6.45, 7) is 1.02. The lowest BCUT2D eigenvalue weighted by Crippen LogP contribution is -2.10. The number of rotatable bonds is 4. The van der Waals surface area contributed by atoms with E-state index < -0.39 is 0 Å². The van der Waals surface area contributed by atoms with Crippen LogP contribution in [-0.2, 0) is 6.42 Å². The van der Waals surface area contributed by atoms with Gasteiger partial charge in [0.1, 0.15) is 0 Å². The lowest BCUT2D eigenvalue weighted by Gasteiger charge is -2.03. The Morgan fingerprint density at radius 2 is 1.77 bits per heavy atom. The van der Waals surface area contributed by atoms with Crippen LogP contribution in [0.25, 0.3) is 0 Å². The van der Waals surface area contributed by atoms with Crippen LogP contribution in [0.15, 0.2) is 42.5 Å². The van der Waals surface area contributed by atoms with Crippen molar-refractivity contribution in [3.05, 3.63) is 48.0 Å². The van der Waals surface area contributed by atoms with E-state index in [0.29, 0.717) is 0 Å². The Kier molecular flexibility index (Phi) is 4.27. The van der Waals surface area contributed by atoms with E-state index >= 15 is 0 Å². The molecular formula is C12H17N. The second-order valence-electron chi connectivity index (χ2n) is 3.42. The lowest BCUT2D eigenvalue weighted by molar-refractivity contribution is 0.456. The van der Waals surface area contributed by atoms with Gasteiger partial charge in [-0.1, -0.05) is 42.5 Å². The number of hydrogen-bond donors (Lipinski definition) is 0. The molecule has 0 aliphatic heterocycles. The third-order valence-corrected chi connectivity index (χ3v) is 1.83. The van der Waals surface area contributed by atoms with Crippen molar-refractivity contribution in [2.75, 3.05) is 20.6 Å². The predicted molar refractivity (Wildman–Crippen MR) is 57.8 cm³/mol. The van der Waals surface area contributed by atoms with E-state index in [-0.39, 0.29) is 0 Å². The SMILES string of the molecule is CN(C)CC=CCc1ccccc1. The van der Waals surface area contributed by atoms with E-state index in [9.17, 15) is 0 Å². The second-order valence-corrected chi connectivity index (χ2v) is 3.42. The summed E-state index contributed by atoms with van der Waals surface area (Å²) in [7, 11) is 4.15. The molecule has 1 aromatic carbocycles. The first-order chi connectivity index (χ1) is 6.29. The molecule has 1 aromatic rings.